The highest BCUT2D eigenvalue weighted by molar-refractivity contribution is 6.04. The van der Waals surface area contributed by atoms with Crippen LogP contribution in [0.3, 0.4) is 0 Å². The van der Waals surface area contributed by atoms with Crippen molar-refractivity contribution in [2.75, 3.05) is 17.2 Å². The lowest BCUT2D eigenvalue weighted by Gasteiger charge is -2.08. The molecule has 0 bridgehead atoms. The molecule has 4 nitrogen and oxygen atoms in total. The van der Waals surface area contributed by atoms with Crippen molar-refractivity contribution in [3.8, 4) is 0 Å². The SMILES string of the molecule is O=C(Nc1ccc(F)cc1)c1ccnc(NCCc2ccc(F)cc2)c1. The van der Waals surface area contributed by atoms with Crippen molar-refractivity contribution in [1.29, 1.82) is 0 Å². The summed E-state index contributed by atoms with van der Waals surface area (Å²) < 4.78 is 25.8. The van der Waals surface area contributed by atoms with Gasteiger partial charge < -0.3 is 10.6 Å². The summed E-state index contributed by atoms with van der Waals surface area (Å²) in [5, 5.41) is 5.84. The Morgan fingerprint density at radius 2 is 1.58 bits per heavy atom. The Labute approximate surface area is 149 Å². The largest absolute Gasteiger partial charge is 0.370 e. The molecule has 0 unspecified atom stereocenters. The molecule has 0 aliphatic heterocycles. The number of amides is 1. The number of anilines is 2. The second kappa shape index (κ2) is 8.20. The van der Waals surface area contributed by atoms with E-state index in [2.05, 4.69) is 15.6 Å². The summed E-state index contributed by atoms with van der Waals surface area (Å²) in [4.78, 5) is 16.5. The lowest BCUT2D eigenvalue weighted by Crippen LogP contribution is -2.13. The van der Waals surface area contributed by atoms with E-state index in [9.17, 15) is 13.6 Å². The Balaban J connectivity index is 1.57. The van der Waals surface area contributed by atoms with Gasteiger partial charge in [0.25, 0.3) is 5.91 Å². The smallest absolute Gasteiger partial charge is 0.255 e. The average Bonchev–Trinajstić information content (AvgIpc) is 2.65. The third-order valence-corrected chi connectivity index (χ3v) is 3.76. The summed E-state index contributed by atoms with van der Waals surface area (Å²) in [5.41, 5.74) is 1.96. The Hall–Kier alpha value is -3.28. The van der Waals surface area contributed by atoms with E-state index >= 15 is 0 Å². The molecule has 0 saturated carbocycles. The zero-order chi connectivity index (χ0) is 18.4. The molecule has 0 aliphatic carbocycles. The second-order valence-electron chi connectivity index (χ2n) is 5.69. The summed E-state index contributed by atoms with van der Waals surface area (Å²) in [5.74, 6) is -0.359. The maximum atomic E-state index is 12.9. The molecule has 0 spiro atoms. The molecule has 1 heterocycles. The molecule has 26 heavy (non-hydrogen) atoms. The highest BCUT2D eigenvalue weighted by atomic mass is 19.1. The van der Waals surface area contributed by atoms with E-state index in [1.165, 1.54) is 36.4 Å². The second-order valence-corrected chi connectivity index (χ2v) is 5.69. The number of carbonyl (C=O) groups excluding carboxylic acids is 1. The number of carbonyl (C=O) groups is 1. The lowest BCUT2D eigenvalue weighted by molar-refractivity contribution is 0.102. The fraction of sp³-hybridized carbons (Fsp3) is 0.100. The van der Waals surface area contributed by atoms with Crippen molar-refractivity contribution in [2.24, 2.45) is 0 Å². The molecule has 6 heteroatoms. The van der Waals surface area contributed by atoms with Gasteiger partial charge in [0.15, 0.2) is 0 Å². The van der Waals surface area contributed by atoms with Crippen molar-refractivity contribution >= 4 is 17.4 Å². The van der Waals surface area contributed by atoms with Gasteiger partial charge in [-0.25, -0.2) is 13.8 Å². The number of aromatic nitrogens is 1. The van der Waals surface area contributed by atoms with Crippen LogP contribution in [0.4, 0.5) is 20.3 Å². The van der Waals surface area contributed by atoms with E-state index in [0.717, 1.165) is 5.56 Å². The van der Waals surface area contributed by atoms with Crippen LogP contribution in [-0.2, 0) is 6.42 Å². The van der Waals surface area contributed by atoms with Gasteiger partial charge >= 0.3 is 0 Å². The zero-order valence-electron chi connectivity index (χ0n) is 13.9. The molecule has 2 aromatic carbocycles. The summed E-state index contributed by atoms with van der Waals surface area (Å²) >= 11 is 0. The minimum absolute atomic E-state index is 0.261. The van der Waals surface area contributed by atoms with Crippen LogP contribution < -0.4 is 10.6 Å². The minimum atomic E-state index is -0.362. The number of rotatable bonds is 6. The standard InChI is InChI=1S/C20H17F2N3O/c21-16-3-1-14(2-4-16)9-11-23-19-13-15(10-12-24-19)20(26)25-18-7-5-17(22)6-8-18/h1-8,10,12-13H,9,11H2,(H,23,24)(H,25,26). The number of halogens is 2. The summed E-state index contributed by atoms with van der Waals surface area (Å²) in [6.07, 6.45) is 2.24. The third kappa shape index (κ3) is 4.86. The molecule has 132 valence electrons. The molecule has 0 radical (unpaired) electrons. The summed E-state index contributed by atoms with van der Waals surface area (Å²) in [6.45, 7) is 0.599. The normalized spacial score (nSPS) is 10.4. The van der Waals surface area contributed by atoms with Gasteiger partial charge in [0.2, 0.25) is 0 Å². The Kier molecular flexibility index (Phi) is 5.53. The van der Waals surface area contributed by atoms with Crippen molar-refractivity contribution < 1.29 is 13.6 Å². The van der Waals surface area contributed by atoms with E-state index in [1.807, 2.05) is 0 Å². The average molecular weight is 353 g/mol. The van der Waals surface area contributed by atoms with Crippen molar-refractivity contribution in [2.45, 2.75) is 6.42 Å². The van der Waals surface area contributed by atoms with Crippen LogP contribution in [0.5, 0.6) is 0 Å². The molecule has 1 amide bonds. The highest BCUT2D eigenvalue weighted by Gasteiger charge is 2.07. The number of hydrogen-bond acceptors (Lipinski definition) is 3. The van der Waals surface area contributed by atoms with Crippen molar-refractivity contribution in [3.63, 3.8) is 0 Å². The Morgan fingerprint density at radius 1 is 0.923 bits per heavy atom. The van der Waals surface area contributed by atoms with Crippen LogP contribution in [0, 0.1) is 11.6 Å². The predicted octanol–water partition coefficient (Wildman–Crippen LogP) is 4.27. The van der Waals surface area contributed by atoms with Gasteiger partial charge in [-0.2, -0.15) is 0 Å². The maximum Gasteiger partial charge on any atom is 0.255 e. The van der Waals surface area contributed by atoms with Crippen LogP contribution in [0.2, 0.25) is 0 Å². The van der Waals surface area contributed by atoms with E-state index < -0.39 is 0 Å². The topological polar surface area (TPSA) is 54.0 Å². The fourth-order valence-corrected chi connectivity index (χ4v) is 2.39. The van der Waals surface area contributed by atoms with Crippen LogP contribution >= 0.6 is 0 Å². The van der Waals surface area contributed by atoms with Gasteiger partial charge in [-0.1, -0.05) is 12.1 Å². The van der Waals surface area contributed by atoms with Crippen LogP contribution in [0.25, 0.3) is 0 Å². The van der Waals surface area contributed by atoms with Crippen LogP contribution in [-0.4, -0.2) is 17.4 Å². The number of hydrogen-bond donors (Lipinski definition) is 2. The molecule has 2 N–H and O–H groups in total. The first-order valence-corrected chi connectivity index (χ1v) is 8.11. The molecule has 3 aromatic rings. The van der Waals surface area contributed by atoms with Gasteiger partial charge in [0.1, 0.15) is 17.5 Å². The molecule has 0 fully saturated rings. The molecule has 3 rings (SSSR count). The summed E-state index contributed by atoms with van der Waals surface area (Å²) in [7, 11) is 0. The maximum absolute atomic E-state index is 12.9. The number of benzene rings is 2. The van der Waals surface area contributed by atoms with Gasteiger partial charge in [0, 0.05) is 24.0 Å². The molecular formula is C20H17F2N3O. The quantitative estimate of drug-likeness (QED) is 0.696. The van der Waals surface area contributed by atoms with E-state index in [0.29, 0.717) is 30.0 Å². The fourth-order valence-electron chi connectivity index (χ4n) is 2.39. The monoisotopic (exact) mass is 353 g/mol. The highest BCUT2D eigenvalue weighted by Crippen LogP contribution is 2.13. The Bertz CT molecular complexity index is 880. The molecule has 0 saturated heterocycles. The number of nitrogens with zero attached hydrogens (tertiary/aromatic N) is 1. The van der Waals surface area contributed by atoms with Crippen molar-refractivity contribution in [1.82, 2.24) is 4.98 Å². The number of nitrogens with one attached hydrogen (secondary N) is 2. The molecule has 0 aliphatic rings. The Morgan fingerprint density at radius 3 is 2.27 bits per heavy atom. The lowest BCUT2D eigenvalue weighted by atomic mass is 10.1. The molecule has 1 aromatic heterocycles. The van der Waals surface area contributed by atoms with Crippen LogP contribution in [0.15, 0.2) is 66.9 Å². The first kappa shape index (κ1) is 17.5. The van der Waals surface area contributed by atoms with Gasteiger partial charge in [0.05, 0.1) is 0 Å². The molecule has 0 atom stereocenters. The van der Waals surface area contributed by atoms with Gasteiger partial charge in [-0.15, -0.1) is 0 Å². The van der Waals surface area contributed by atoms with E-state index in [4.69, 9.17) is 0 Å². The minimum Gasteiger partial charge on any atom is -0.370 e. The first-order chi connectivity index (χ1) is 12.6. The predicted molar refractivity (Wildman–Crippen MR) is 97.2 cm³/mol. The van der Waals surface area contributed by atoms with Crippen molar-refractivity contribution in [3.05, 3.63) is 89.6 Å². The zero-order valence-corrected chi connectivity index (χ0v) is 13.9. The van der Waals surface area contributed by atoms with E-state index in [1.54, 1.807) is 30.5 Å². The van der Waals surface area contributed by atoms with Gasteiger partial charge in [-0.05, 0) is 60.5 Å². The summed E-state index contributed by atoms with van der Waals surface area (Å²) in [6, 6.07) is 15.1. The third-order valence-electron chi connectivity index (χ3n) is 3.76. The molecular weight excluding hydrogens is 336 g/mol. The number of pyridine rings is 1. The van der Waals surface area contributed by atoms with Crippen LogP contribution in [0.1, 0.15) is 15.9 Å². The van der Waals surface area contributed by atoms with Gasteiger partial charge in [-0.3, -0.25) is 4.79 Å². The van der Waals surface area contributed by atoms with E-state index in [-0.39, 0.29) is 17.5 Å². The first-order valence-electron chi connectivity index (χ1n) is 8.11.